The Balaban J connectivity index is 1.41. The van der Waals surface area contributed by atoms with Crippen LogP contribution in [0.2, 0.25) is 0 Å². The van der Waals surface area contributed by atoms with Crippen molar-refractivity contribution in [2.24, 2.45) is 0 Å². The van der Waals surface area contributed by atoms with E-state index < -0.39 is 5.60 Å². The van der Waals surface area contributed by atoms with Gasteiger partial charge in [-0.25, -0.2) is 9.78 Å². The van der Waals surface area contributed by atoms with Crippen LogP contribution in [0.15, 0.2) is 65.6 Å². The molecule has 7 nitrogen and oxygen atoms in total. The van der Waals surface area contributed by atoms with Crippen molar-refractivity contribution in [2.75, 3.05) is 18.4 Å². The molecule has 1 aliphatic heterocycles. The van der Waals surface area contributed by atoms with Crippen molar-refractivity contribution in [3.05, 3.63) is 76.8 Å². The van der Waals surface area contributed by atoms with E-state index in [4.69, 9.17) is 9.72 Å². The highest BCUT2D eigenvalue weighted by Crippen LogP contribution is 2.26. The summed E-state index contributed by atoms with van der Waals surface area (Å²) in [5, 5.41) is 5.58. The third-order valence-electron chi connectivity index (χ3n) is 6.95. The lowest BCUT2D eigenvalue weighted by Gasteiger charge is -2.24. The molecular weight excluding hydrogens is 476 g/mol. The number of aromatic nitrogens is 2. The van der Waals surface area contributed by atoms with Gasteiger partial charge in [-0.3, -0.25) is 9.20 Å². The molecule has 0 bridgehead atoms. The van der Waals surface area contributed by atoms with Crippen molar-refractivity contribution in [3.8, 4) is 11.1 Å². The average Bonchev–Trinajstić information content (AvgIpc) is 3.36. The summed E-state index contributed by atoms with van der Waals surface area (Å²) < 4.78 is 7.18. The van der Waals surface area contributed by atoms with Crippen LogP contribution in [-0.2, 0) is 11.2 Å². The highest BCUT2D eigenvalue weighted by molar-refractivity contribution is 5.94. The molecule has 2 aromatic heterocycles. The Bertz CT molecular complexity index is 1520. The standard InChI is InChI=1S/C31H36N4O3/c1-5-6-11-26-27(29(36)35-19-16-21-9-7-8-10-25(21)28(35)33-26)22-12-14-23(15-13-22)32-24-17-18-34(20-24)30(37)38-31(2,3)4/h7-10,12-16,19,24,32H,5-6,11,17-18,20H2,1-4H3. The molecule has 4 aromatic rings. The van der Waals surface area contributed by atoms with Gasteiger partial charge >= 0.3 is 6.09 Å². The van der Waals surface area contributed by atoms with Crippen LogP contribution in [0.4, 0.5) is 10.5 Å². The quantitative estimate of drug-likeness (QED) is 0.308. The molecule has 198 valence electrons. The van der Waals surface area contributed by atoms with Crippen molar-refractivity contribution in [3.63, 3.8) is 0 Å². The van der Waals surface area contributed by atoms with Crippen molar-refractivity contribution in [1.29, 1.82) is 0 Å². The van der Waals surface area contributed by atoms with E-state index in [-0.39, 0.29) is 17.7 Å². The van der Waals surface area contributed by atoms with E-state index in [9.17, 15) is 9.59 Å². The van der Waals surface area contributed by atoms with Gasteiger partial charge in [-0.15, -0.1) is 0 Å². The van der Waals surface area contributed by atoms with Crippen LogP contribution in [0.5, 0.6) is 0 Å². The molecule has 0 aliphatic carbocycles. The summed E-state index contributed by atoms with van der Waals surface area (Å²) in [4.78, 5) is 33.0. The molecule has 0 spiro atoms. The smallest absolute Gasteiger partial charge is 0.410 e. The minimum Gasteiger partial charge on any atom is -0.444 e. The third kappa shape index (κ3) is 5.37. The van der Waals surface area contributed by atoms with Crippen LogP contribution in [0.3, 0.4) is 0 Å². The second kappa shape index (κ2) is 10.5. The fourth-order valence-corrected chi connectivity index (χ4v) is 5.06. The van der Waals surface area contributed by atoms with Crippen molar-refractivity contribution in [2.45, 2.75) is 65.0 Å². The first-order valence-electron chi connectivity index (χ1n) is 13.5. The number of hydrogen-bond donors (Lipinski definition) is 1. The number of nitrogens with zero attached hydrogens (tertiary/aromatic N) is 3. The highest BCUT2D eigenvalue weighted by atomic mass is 16.6. The largest absolute Gasteiger partial charge is 0.444 e. The number of carbonyl (C=O) groups excluding carboxylic acids is 1. The van der Waals surface area contributed by atoms with E-state index in [0.717, 1.165) is 53.4 Å². The number of likely N-dealkylation sites (tertiary alicyclic amines) is 1. The van der Waals surface area contributed by atoms with Gasteiger partial charge in [0.15, 0.2) is 0 Å². The summed E-state index contributed by atoms with van der Waals surface area (Å²) in [6.45, 7) is 9.05. The molecule has 0 saturated carbocycles. The predicted molar refractivity (Wildman–Crippen MR) is 153 cm³/mol. The van der Waals surface area contributed by atoms with Crippen molar-refractivity contribution in [1.82, 2.24) is 14.3 Å². The Morgan fingerprint density at radius 1 is 1.11 bits per heavy atom. The van der Waals surface area contributed by atoms with Crippen LogP contribution in [0, 0.1) is 0 Å². The first-order valence-corrected chi connectivity index (χ1v) is 13.5. The molecule has 7 heteroatoms. The van der Waals surface area contributed by atoms with Gasteiger partial charge in [0.1, 0.15) is 11.2 Å². The fourth-order valence-electron chi connectivity index (χ4n) is 5.06. The minimum atomic E-state index is -0.502. The van der Waals surface area contributed by atoms with E-state index in [2.05, 4.69) is 12.2 Å². The van der Waals surface area contributed by atoms with E-state index in [1.807, 2.05) is 81.6 Å². The average molecular weight is 513 g/mol. The molecule has 5 rings (SSSR count). The number of rotatable bonds is 6. The summed E-state index contributed by atoms with van der Waals surface area (Å²) in [5.74, 6) is 0. The molecular formula is C31H36N4O3. The number of pyridine rings is 1. The highest BCUT2D eigenvalue weighted by Gasteiger charge is 2.29. The summed E-state index contributed by atoms with van der Waals surface area (Å²) in [6.07, 6.45) is 5.16. The molecule has 1 N–H and O–H groups in total. The zero-order valence-corrected chi connectivity index (χ0v) is 22.7. The van der Waals surface area contributed by atoms with Crippen molar-refractivity contribution < 1.29 is 9.53 Å². The first kappa shape index (κ1) is 25.8. The van der Waals surface area contributed by atoms with Crippen molar-refractivity contribution >= 4 is 28.2 Å². The number of ether oxygens (including phenoxy) is 1. The molecule has 1 fully saturated rings. The summed E-state index contributed by atoms with van der Waals surface area (Å²) in [6, 6.07) is 18.2. The van der Waals surface area contributed by atoms with Gasteiger partial charge in [0.05, 0.1) is 11.3 Å². The van der Waals surface area contributed by atoms with Crippen LogP contribution >= 0.6 is 0 Å². The Kier molecular flexibility index (Phi) is 7.11. The van der Waals surface area contributed by atoms with E-state index in [1.54, 1.807) is 9.30 Å². The minimum absolute atomic E-state index is 0.0450. The number of benzene rings is 2. The monoisotopic (exact) mass is 512 g/mol. The number of nitrogens with one attached hydrogen (secondary N) is 1. The van der Waals surface area contributed by atoms with Gasteiger partial charge in [-0.2, -0.15) is 0 Å². The normalized spacial score (nSPS) is 15.8. The summed E-state index contributed by atoms with van der Waals surface area (Å²) >= 11 is 0. The Morgan fingerprint density at radius 3 is 2.61 bits per heavy atom. The number of aryl methyl sites for hydroxylation is 1. The molecule has 1 amide bonds. The molecule has 38 heavy (non-hydrogen) atoms. The molecule has 1 saturated heterocycles. The predicted octanol–water partition coefficient (Wildman–Crippen LogP) is 6.28. The van der Waals surface area contributed by atoms with E-state index >= 15 is 0 Å². The van der Waals surface area contributed by atoms with Gasteiger partial charge in [0.2, 0.25) is 0 Å². The number of anilines is 1. The molecule has 0 radical (unpaired) electrons. The third-order valence-corrected chi connectivity index (χ3v) is 6.95. The number of carbonyl (C=O) groups is 1. The number of hydrogen-bond acceptors (Lipinski definition) is 5. The molecule has 3 heterocycles. The van der Waals surface area contributed by atoms with E-state index in [0.29, 0.717) is 24.3 Å². The Morgan fingerprint density at radius 2 is 1.87 bits per heavy atom. The lowest BCUT2D eigenvalue weighted by atomic mass is 10.0. The van der Waals surface area contributed by atoms with Gasteiger partial charge in [0.25, 0.3) is 5.56 Å². The topological polar surface area (TPSA) is 75.9 Å². The number of unbranched alkanes of at least 4 members (excludes halogenated alkanes) is 1. The van der Waals surface area contributed by atoms with Crippen LogP contribution < -0.4 is 10.9 Å². The number of fused-ring (bicyclic) bond motifs is 3. The van der Waals surface area contributed by atoms with Gasteiger partial charge in [-0.05, 0) is 69.2 Å². The maximum Gasteiger partial charge on any atom is 0.410 e. The molecule has 2 aromatic carbocycles. The zero-order valence-electron chi connectivity index (χ0n) is 22.7. The second-order valence-electron chi connectivity index (χ2n) is 11.1. The fraction of sp³-hybridized carbons (Fsp3) is 0.387. The van der Waals surface area contributed by atoms with Crippen LogP contribution in [0.1, 0.15) is 52.7 Å². The SMILES string of the molecule is CCCCc1nc2c3ccccc3ccn2c(=O)c1-c1ccc(NC2CCN(C(=O)OC(C)(C)C)C2)cc1. The first-order chi connectivity index (χ1) is 18.2. The van der Waals surface area contributed by atoms with Gasteiger partial charge < -0.3 is 15.0 Å². The Hall–Kier alpha value is -3.87. The lowest BCUT2D eigenvalue weighted by Crippen LogP contribution is -2.36. The molecule has 1 aliphatic rings. The maximum atomic E-state index is 13.8. The van der Waals surface area contributed by atoms with Gasteiger partial charge in [0, 0.05) is 36.4 Å². The van der Waals surface area contributed by atoms with Crippen LogP contribution in [-0.4, -0.2) is 45.1 Å². The Labute approximate surface area is 223 Å². The van der Waals surface area contributed by atoms with Gasteiger partial charge in [-0.1, -0.05) is 49.7 Å². The second-order valence-corrected chi connectivity index (χ2v) is 11.1. The molecule has 1 atom stereocenters. The molecule has 1 unspecified atom stereocenters. The summed E-state index contributed by atoms with van der Waals surface area (Å²) in [5.41, 5.74) is 3.49. The van der Waals surface area contributed by atoms with Crippen LogP contribution in [0.25, 0.3) is 27.5 Å². The zero-order chi connectivity index (χ0) is 26.9. The van der Waals surface area contributed by atoms with E-state index in [1.165, 1.54) is 0 Å². The lowest BCUT2D eigenvalue weighted by molar-refractivity contribution is 0.0293. The number of amides is 1. The maximum absolute atomic E-state index is 13.8. The summed E-state index contributed by atoms with van der Waals surface area (Å²) in [7, 11) is 0.